The fraction of sp³-hybridized carbons (Fsp3) is 0.294. The highest BCUT2D eigenvalue weighted by atomic mass is 15.1. The van der Waals surface area contributed by atoms with Crippen LogP contribution in [0.5, 0.6) is 0 Å². The van der Waals surface area contributed by atoms with E-state index in [4.69, 9.17) is 5.73 Å². The van der Waals surface area contributed by atoms with E-state index in [1.807, 2.05) is 6.92 Å². The van der Waals surface area contributed by atoms with Gasteiger partial charge in [0.15, 0.2) is 5.65 Å². The standard InChI is InChI=1S/C17H20N4/c1-9-6-7-14(10(2)8-9)21-12(4)11(3)15-16(18)19-13(5)20-17(15)21/h6-8H,1-5H3,(H2,18,19,20). The quantitative estimate of drug-likeness (QED) is 0.741. The van der Waals surface area contributed by atoms with E-state index in [9.17, 15) is 0 Å². The Bertz CT molecular complexity index is 859. The normalized spacial score (nSPS) is 11.3. The molecule has 21 heavy (non-hydrogen) atoms. The highest BCUT2D eigenvalue weighted by Crippen LogP contribution is 2.31. The van der Waals surface area contributed by atoms with Gasteiger partial charge >= 0.3 is 0 Å². The Balaban J connectivity index is 2.45. The number of fused-ring (bicyclic) bond motifs is 1. The van der Waals surface area contributed by atoms with Crippen molar-refractivity contribution in [2.75, 3.05) is 5.73 Å². The molecule has 2 aromatic heterocycles. The van der Waals surface area contributed by atoms with Crippen molar-refractivity contribution >= 4 is 16.9 Å². The summed E-state index contributed by atoms with van der Waals surface area (Å²) in [6.07, 6.45) is 0. The Hall–Kier alpha value is -2.36. The number of nitrogens with two attached hydrogens (primary N) is 1. The first-order valence-corrected chi connectivity index (χ1v) is 7.09. The van der Waals surface area contributed by atoms with Gasteiger partial charge in [-0.05, 0) is 51.8 Å². The molecule has 0 aliphatic carbocycles. The summed E-state index contributed by atoms with van der Waals surface area (Å²) in [6.45, 7) is 10.3. The van der Waals surface area contributed by atoms with Crippen LogP contribution in [0.15, 0.2) is 18.2 Å². The van der Waals surface area contributed by atoms with Crippen molar-refractivity contribution in [2.45, 2.75) is 34.6 Å². The second-order valence-corrected chi connectivity index (χ2v) is 5.69. The zero-order chi connectivity index (χ0) is 15.3. The first-order chi connectivity index (χ1) is 9.90. The fourth-order valence-electron chi connectivity index (χ4n) is 2.96. The molecule has 3 rings (SSSR count). The lowest BCUT2D eigenvalue weighted by atomic mass is 10.1. The third-order valence-corrected chi connectivity index (χ3v) is 4.09. The molecule has 0 bridgehead atoms. The first-order valence-electron chi connectivity index (χ1n) is 7.09. The van der Waals surface area contributed by atoms with Crippen LogP contribution in [0.25, 0.3) is 16.7 Å². The van der Waals surface area contributed by atoms with Crippen molar-refractivity contribution in [3.05, 3.63) is 46.4 Å². The van der Waals surface area contributed by atoms with E-state index in [1.165, 1.54) is 11.1 Å². The number of anilines is 1. The lowest BCUT2D eigenvalue weighted by Gasteiger charge is -2.12. The van der Waals surface area contributed by atoms with Crippen molar-refractivity contribution < 1.29 is 0 Å². The van der Waals surface area contributed by atoms with Crippen molar-refractivity contribution in [2.24, 2.45) is 0 Å². The second kappa shape index (κ2) is 4.58. The maximum atomic E-state index is 6.12. The van der Waals surface area contributed by atoms with E-state index in [1.54, 1.807) is 0 Å². The summed E-state index contributed by atoms with van der Waals surface area (Å²) in [5, 5.41) is 0.957. The van der Waals surface area contributed by atoms with E-state index in [2.05, 4.69) is 60.4 Å². The molecule has 2 N–H and O–H groups in total. The summed E-state index contributed by atoms with van der Waals surface area (Å²) in [5.74, 6) is 1.25. The zero-order valence-electron chi connectivity index (χ0n) is 13.2. The molecular formula is C17H20N4. The summed E-state index contributed by atoms with van der Waals surface area (Å²) in [7, 11) is 0. The SMILES string of the molecule is Cc1ccc(-n2c(C)c(C)c3c(N)nc(C)nc32)c(C)c1. The van der Waals surface area contributed by atoms with E-state index < -0.39 is 0 Å². The van der Waals surface area contributed by atoms with Crippen LogP contribution in [0.3, 0.4) is 0 Å². The number of hydrogen-bond acceptors (Lipinski definition) is 3. The van der Waals surface area contributed by atoms with Gasteiger partial charge < -0.3 is 5.73 Å². The molecule has 0 spiro atoms. The highest BCUT2D eigenvalue weighted by Gasteiger charge is 2.18. The number of aromatic nitrogens is 3. The van der Waals surface area contributed by atoms with Crippen LogP contribution in [0.1, 0.15) is 28.2 Å². The van der Waals surface area contributed by atoms with Crippen molar-refractivity contribution in [3.8, 4) is 5.69 Å². The van der Waals surface area contributed by atoms with Crippen LogP contribution >= 0.6 is 0 Å². The van der Waals surface area contributed by atoms with Crippen LogP contribution in [-0.4, -0.2) is 14.5 Å². The molecule has 2 heterocycles. The van der Waals surface area contributed by atoms with Gasteiger partial charge in [0.2, 0.25) is 0 Å². The van der Waals surface area contributed by atoms with E-state index in [-0.39, 0.29) is 0 Å². The molecule has 108 valence electrons. The number of hydrogen-bond donors (Lipinski definition) is 1. The Labute approximate surface area is 124 Å². The highest BCUT2D eigenvalue weighted by molar-refractivity contribution is 5.92. The first kappa shape index (κ1) is 13.6. The second-order valence-electron chi connectivity index (χ2n) is 5.69. The average molecular weight is 280 g/mol. The molecule has 3 aromatic rings. The molecule has 4 nitrogen and oxygen atoms in total. The Morgan fingerprint density at radius 3 is 2.38 bits per heavy atom. The largest absolute Gasteiger partial charge is 0.383 e. The minimum atomic E-state index is 0.557. The summed E-state index contributed by atoms with van der Waals surface area (Å²) in [4.78, 5) is 8.93. The third kappa shape index (κ3) is 1.98. The van der Waals surface area contributed by atoms with Gasteiger partial charge in [-0.3, -0.25) is 4.57 Å². The molecule has 4 heteroatoms. The minimum Gasteiger partial charge on any atom is -0.383 e. The average Bonchev–Trinajstić information content (AvgIpc) is 2.63. The number of nitrogens with zero attached hydrogens (tertiary/aromatic N) is 3. The van der Waals surface area contributed by atoms with Gasteiger partial charge in [0.05, 0.1) is 11.1 Å². The van der Waals surface area contributed by atoms with Gasteiger partial charge in [0.25, 0.3) is 0 Å². The van der Waals surface area contributed by atoms with Crippen molar-refractivity contribution in [1.82, 2.24) is 14.5 Å². The van der Waals surface area contributed by atoms with Crippen LogP contribution in [0.4, 0.5) is 5.82 Å². The van der Waals surface area contributed by atoms with Crippen LogP contribution in [0.2, 0.25) is 0 Å². The summed E-state index contributed by atoms with van der Waals surface area (Å²) < 4.78 is 2.18. The van der Waals surface area contributed by atoms with Crippen LogP contribution in [0, 0.1) is 34.6 Å². The van der Waals surface area contributed by atoms with Gasteiger partial charge in [-0.1, -0.05) is 17.7 Å². The van der Waals surface area contributed by atoms with Gasteiger partial charge in [-0.25, -0.2) is 9.97 Å². The molecule has 1 aromatic carbocycles. The lowest BCUT2D eigenvalue weighted by Crippen LogP contribution is -2.03. The van der Waals surface area contributed by atoms with E-state index >= 15 is 0 Å². The molecule has 0 saturated carbocycles. The monoisotopic (exact) mass is 280 g/mol. The lowest BCUT2D eigenvalue weighted by molar-refractivity contribution is 0.985. The maximum absolute atomic E-state index is 6.12. The molecule has 0 amide bonds. The molecule has 0 saturated heterocycles. The summed E-state index contributed by atoms with van der Waals surface area (Å²) in [5.41, 5.74) is 12.9. The minimum absolute atomic E-state index is 0.557. The summed E-state index contributed by atoms with van der Waals surface area (Å²) in [6, 6.07) is 6.46. The fourth-order valence-corrected chi connectivity index (χ4v) is 2.96. The molecule has 0 atom stereocenters. The molecule has 0 radical (unpaired) electrons. The van der Waals surface area contributed by atoms with E-state index in [0.717, 1.165) is 28.0 Å². The zero-order valence-corrected chi connectivity index (χ0v) is 13.2. The maximum Gasteiger partial charge on any atom is 0.150 e. The van der Waals surface area contributed by atoms with E-state index in [0.29, 0.717) is 11.6 Å². The molecule has 0 aliphatic rings. The van der Waals surface area contributed by atoms with Crippen LogP contribution in [-0.2, 0) is 0 Å². The number of nitrogen functional groups attached to an aromatic ring is 1. The number of rotatable bonds is 1. The Kier molecular flexibility index (Phi) is 2.97. The van der Waals surface area contributed by atoms with Gasteiger partial charge in [0.1, 0.15) is 11.6 Å². The van der Waals surface area contributed by atoms with Crippen molar-refractivity contribution in [3.63, 3.8) is 0 Å². The van der Waals surface area contributed by atoms with Gasteiger partial charge in [0, 0.05) is 5.69 Å². The molecule has 0 fully saturated rings. The Morgan fingerprint density at radius 1 is 1.00 bits per heavy atom. The van der Waals surface area contributed by atoms with Crippen LogP contribution < -0.4 is 5.73 Å². The molecular weight excluding hydrogens is 260 g/mol. The predicted molar refractivity (Wildman–Crippen MR) is 87.0 cm³/mol. The summed E-state index contributed by atoms with van der Waals surface area (Å²) >= 11 is 0. The van der Waals surface area contributed by atoms with Gasteiger partial charge in [-0.15, -0.1) is 0 Å². The van der Waals surface area contributed by atoms with Crippen molar-refractivity contribution in [1.29, 1.82) is 0 Å². The topological polar surface area (TPSA) is 56.7 Å². The smallest absolute Gasteiger partial charge is 0.150 e. The molecule has 0 unspecified atom stereocenters. The predicted octanol–water partition coefficient (Wildman–Crippen LogP) is 3.54. The van der Waals surface area contributed by atoms with Gasteiger partial charge in [-0.2, -0.15) is 0 Å². The third-order valence-electron chi connectivity index (χ3n) is 4.09. The molecule has 0 aliphatic heterocycles. The number of aryl methyl sites for hydroxylation is 4. The number of benzene rings is 1. The Morgan fingerprint density at radius 2 is 1.71 bits per heavy atom.